The van der Waals surface area contributed by atoms with Gasteiger partial charge in [0.2, 0.25) is 0 Å². The quantitative estimate of drug-likeness (QED) is 0.557. The molecule has 4 rings (SSSR count). The number of rotatable bonds is 5. The summed E-state index contributed by atoms with van der Waals surface area (Å²) in [5, 5.41) is 16.6. The van der Waals surface area contributed by atoms with Crippen LogP contribution in [0.2, 0.25) is 5.02 Å². The lowest BCUT2D eigenvalue weighted by atomic mass is 10.1. The Balaban J connectivity index is 1.63. The summed E-state index contributed by atoms with van der Waals surface area (Å²) in [6.45, 7) is 2.99. The average molecular weight is 457 g/mol. The average Bonchev–Trinajstić information content (AvgIpc) is 3.32. The fraction of sp³-hybridized carbons (Fsp3) is 0.318. The Kier molecular flexibility index (Phi) is 6.68. The summed E-state index contributed by atoms with van der Waals surface area (Å²) in [4.78, 5) is 12.3. The number of aromatic nitrogens is 3. The van der Waals surface area contributed by atoms with Crippen LogP contribution in [0.3, 0.4) is 0 Å². The molecule has 0 radical (unpaired) electrons. The molecule has 2 N–H and O–H groups in total. The number of aliphatic hydroxyl groups is 1. The van der Waals surface area contributed by atoms with Crippen LogP contribution < -0.4 is 10.1 Å². The molecule has 1 aliphatic heterocycles. The lowest BCUT2D eigenvalue weighted by molar-refractivity contribution is 0.0258. The van der Waals surface area contributed by atoms with Gasteiger partial charge in [0.15, 0.2) is 11.4 Å². The summed E-state index contributed by atoms with van der Waals surface area (Å²) >= 11 is 7.58. The Labute approximate surface area is 189 Å². The van der Waals surface area contributed by atoms with E-state index < -0.39 is 5.60 Å². The Morgan fingerprint density at radius 3 is 2.90 bits per heavy atom. The first kappa shape index (κ1) is 21.5. The number of nitrogens with one attached hydrogen (secondary N) is 1. The second-order valence-corrected chi connectivity index (χ2v) is 8.45. The van der Waals surface area contributed by atoms with Gasteiger partial charge in [-0.25, -0.2) is 15.0 Å². The van der Waals surface area contributed by atoms with Gasteiger partial charge in [0, 0.05) is 30.0 Å². The fourth-order valence-corrected chi connectivity index (χ4v) is 3.83. The van der Waals surface area contributed by atoms with Gasteiger partial charge in [-0.1, -0.05) is 23.4 Å². The minimum atomic E-state index is -1.34. The minimum Gasteiger partial charge on any atom is -0.488 e. The third kappa shape index (κ3) is 5.51. The normalized spacial score (nSPS) is 16.1. The number of anilines is 2. The maximum atomic E-state index is 10.6. The molecule has 1 saturated heterocycles. The molecule has 0 spiro atoms. The zero-order valence-corrected chi connectivity index (χ0v) is 18.4. The molecule has 7 nitrogen and oxygen atoms in total. The van der Waals surface area contributed by atoms with Crippen molar-refractivity contribution in [3.05, 3.63) is 57.9 Å². The summed E-state index contributed by atoms with van der Waals surface area (Å²) in [5.74, 6) is 7.06. The molecule has 3 heterocycles. The van der Waals surface area contributed by atoms with Crippen molar-refractivity contribution in [3.63, 3.8) is 0 Å². The predicted molar refractivity (Wildman–Crippen MR) is 120 cm³/mol. The van der Waals surface area contributed by atoms with Crippen molar-refractivity contribution in [3.8, 4) is 17.6 Å². The second kappa shape index (κ2) is 9.62. The van der Waals surface area contributed by atoms with E-state index in [1.54, 1.807) is 18.5 Å². The lowest BCUT2D eigenvalue weighted by Gasteiger charge is -2.25. The van der Waals surface area contributed by atoms with Gasteiger partial charge in [-0.2, -0.15) is 0 Å². The van der Waals surface area contributed by atoms with Crippen LogP contribution in [0.4, 0.5) is 11.5 Å². The molecule has 31 heavy (non-hydrogen) atoms. The van der Waals surface area contributed by atoms with Gasteiger partial charge in [-0.15, -0.1) is 11.3 Å². The molecule has 1 atom stereocenters. The van der Waals surface area contributed by atoms with E-state index in [1.165, 1.54) is 23.9 Å². The Morgan fingerprint density at radius 1 is 1.32 bits per heavy atom. The van der Waals surface area contributed by atoms with Crippen molar-refractivity contribution in [1.82, 2.24) is 15.0 Å². The summed E-state index contributed by atoms with van der Waals surface area (Å²) in [7, 11) is 0. The molecule has 9 heteroatoms. The SMILES string of the molecule is CC(O)(C#Cc1ccc(OC2CCOCC2)c(Nc2ncncc2Cl)c1)c1nccs1. The van der Waals surface area contributed by atoms with Crippen molar-refractivity contribution in [2.75, 3.05) is 18.5 Å². The maximum absolute atomic E-state index is 10.6. The van der Waals surface area contributed by atoms with E-state index in [4.69, 9.17) is 21.1 Å². The first-order valence-corrected chi connectivity index (χ1v) is 11.0. The Hall–Kier alpha value is -2.70. The summed E-state index contributed by atoms with van der Waals surface area (Å²) in [6, 6.07) is 5.55. The zero-order chi connectivity index (χ0) is 21.7. The van der Waals surface area contributed by atoms with Gasteiger partial charge >= 0.3 is 0 Å². The van der Waals surface area contributed by atoms with Crippen LogP contribution in [0.15, 0.2) is 42.3 Å². The van der Waals surface area contributed by atoms with Gasteiger partial charge in [-0.3, -0.25) is 0 Å². The number of hydrogen-bond acceptors (Lipinski definition) is 8. The van der Waals surface area contributed by atoms with Crippen LogP contribution in [0.5, 0.6) is 5.75 Å². The van der Waals surface area contributed by atoms with Crippen LogP contribution in [-0.4, -0.2) is 39.4 Å². The van der Waals surface area contributed by atoms with Gasteiger partial charge < -0.3 is 19.9 Å². The van der Waals surface area contributed by atoms with Crippen LogP contribution >= 0.6 is 22.9 Å². The standard InChI is InChI=1S/C22H21ClN4O3S/c1-22(28,21-25-8-11-31-21)7-4-15-2-3-19(30-16-5-9-29-10-6-16)18(12-15)27-20-17(23)13-24-14-26-20/h2-3,8,11-14,16,28H,5-6,9-10H2,1H3,(H,24,26,27). The van der Waals surface area contributed by atoms with E-state index in [9.17, 15) is 5.11 Å². The van der Waals surface area contributed by atoms with Gasteiger partial charge in [-0.05, 0) is 25.1 Å². The number of nitrogens with zero attached hydrogens (tertiary/aromatic N) is 3. The number of hydrogen-bond donors (Lipinski definition) is 2. The van der Waals surface area contributed by atoms with Gasteiger partial charge in [0.25, 0.3) is 0 Å². The van der Waals surface area contributed by atoms with Gasteiger partial charge in [0.1, 0.15) is 28.2 Å². The topological polar surface area (TPSA) is 89.4 Å². The van der Waals surface area contributed by atoms with Crippen molar-refractivity contribution < 1.29 is 14.6 Å². The van der Waals surface area contributed by atoms with Crippen molar-refractivity contribution in [1.29, 1.82) is 0 Å². The van der Waals surface area contributed by atoms with Gasteiger partial charge in [0.05, 0.1) is 25.1 Å². The molecule has 1 fully saturated rings. The monoisotopic (exact) mass is 456 g/mol. The van der Waals surface area contributed by atoms with E-state index in [0.29, 0.717) is 46.1 Å². The maximum Gasteiger partial charge on any atom is 0.174 e. The second-order valence-electron chi connectivity index (χ2n) is 7.14. The van der Waals surface area contributed by atoms with E-state index in [2.05, 4.69) is 32.1 Å². The van der Waals surface area contributed by atoms with E-state index >= 15 is 0 Å². The Bertz CT molecular complexity index is 1090. The molecule has 160 valence electrons. The molecule has 1 unspecified atom stereocenters. The predicted octanol–water partition coefficient (Wildman–Crippen LogP) is 4.15. The first-order chi connectivity index (χ1) is 15.0. The molecular weight excluding hydrogens is 436 g/mol. The highest BCUT2D eigenvalue weighted by molar-refractivity contribution is 7.09. The molecule has 0 amide bonds. The number of benzene rings is 1. The Morgan fingerprint density at radius 2 is 2.16 bits per heavy atom. The van der Waals surface area contributed by atoms with Crippen molar-refractivity contribution in [2.45, 2.75) is 31.5 Å². The van der Waals surface area contributed by atoms with Crippen LogP contribution in [0.1, 0.15) is 30.3 Å². The summed E-state index contributed by atoms with van der Waals surface area (Å²) in [5.41, 5.74) is 0.0336. The van der Waals surface area contributed by atoms with Crippen molar-refractivity contribution in [2.24, 2.45) is 0 Å². The molecule has 1 aliphatic rings. The summed E-state index contributed by atoms with van der Waals surface area (Å²) in [6.07, 6.45) is 6.30. The summed E-state index contributed by atoms with van der Waals surface area (Å²) < 4.78 is 11.6. The third-order valence-electron chi connectivity index (χ3n) is 4.66. The van der Waals surface area contributed by atoms with Crippen LogP contribution in [0, 0.1) is 11.8 Å². The molecule has 0 aliphatic carbocycles. The highest BCUT2D eigenvalue weighted by atomic mass is 35.5. The first-order valence-electron chi connectivity index (χ1n) is 9.78. The molecule has 2 aromatic heterocycles. The molecule has 0 saturated carbocycles. The fourth-order valence-electron chi connectivity index (χ4n) is 3.02. The van der Waals surface area contributed by atoms with E-state index in [-0.39, 0.29) is 6.10 Å². The molecule has 0 bridgehead atoms. The van der Waals surface area contributed by atoms with E-state index in [0.717, 1.165) is 12.8 Å². The number of thiazole rings is 1. The minimum absolute atomic E-state index is 0.0674. The largest absolute Gasteiger partial charge is 0.488 e. The highest BCUT2D eigenvalue weighted by Gasteiger charge is 2.23. The van der Waals surface area contributed by atoms with E-state index in [1.807, 2.05) is 18.2 Å². The molecule has 1 aromatic carbocycles. The smallest absolute Gasteiger partial charge is 0.174 e. The molecule has 3 aromatic rings. The van der Waals surface area contributed by atoms with Crippen LogP contribution in [-0.2, 0) is 10.3 Å². The third-order valence-corrected chi connectivity index (χ3v) is 5.92. The van der Waals surface area contributed by atoms with Crippen molar-refractivity contribution >= 4 is 34.4 Å². The number of ether oxygens (including phenoxy) is 2. The highest BCUT2D eigenvalue weighted by Crippen LogP contribution is 2.32. The molecular formula is C22H21ClN4O3S. The number of halogens is 1. The zero-order valence-electron chi connectivity index (χ0n) is 16.8. The lowest BCUT2D eigenvalue weighted by Crippen LogP contribution is -2.26. The van der Waals surface area contributed by atoms with Crippen LogP contribution in [0.25, 0.3) is 0 Å².